The monoisotopic (exact) mass is 632 g/mol. The summed E-state index contributed by atoms with van der Waals surface area (Å²) in [6.45, 7) is 21.8. The van der Waals surface area contributed by atoms with Gasteiger partial charge in [-0.2, -0.15) is 4.98 Å². The van der Waals surface area contributed by atoms with Crippen LogP contribution in [0.1, 0.15) is 78.5 Å². The third kappa shape index (κ3) is 6.46. The van der Waals surface area contributed by atoms with Crippen LogP contribution in [0.2, 0.25) is 0 Å². The van der Waals surface area contributed by atoms with Crippen molar-refractivity contribution in [2.45, 2.75) is 104 Å². The molecule has 1 fully saturated rings. The first-order valence-electron chi connectivity index (χ1n) is 16.3. The second kappa shape index (κ2) is 13.0. The lowest BCUT2D eigenvalue weighted by molar-refractivity contribution is -0.0212. The summed E-state index contributed by atoms with van der Waals surface area (Å²) in [7, 11) is 0. The number of allylic oxidation sites excluding steroid dienone is 1. The smallest absolute Gasteiger partial charge is 0.410 e. The van der Waals surface area contributed by atoms with E-state index in [4.69, 9.17) is 14.7 Å². The molecule has 0 bridgehead atoms. The summed E-state index contributed by atoms with van der Waals surface area (Å²) in [5.41, 5.74) is 0.517. The van der Waals surface area contributed by atoms with Gasteiger partial charge in [0.1, 0.15) is 16.6 Å². The van der Waals surface area contributed by atoms with Crippen molar-refractivity contribution < 1.29 is 14.6 Å². The van der Waals surface area contributed by atoms with E-state index in [0.29, 0.717) is 60.0 Å². The average molecular weight is 633 g/mol. The highest BCUT2D eigenvalue weighted by Crippen LogP contribution is 2.40. The van der Waals surface area contributed by atoms with Crippen molar-refractivity contribution in [3.05, 3.63) is 64.7 Å². The van der Waals surface area contributed by atoms with E-state index in [-0.39, 0.29) is 30.4 Å². The Balaban J connectivity index is 1.45. The number of carbonyl (C=O) groups is 1. The van der Waals surface area contributed by atoms with Crippen LogP contribution in [-0.2, 0) is 23.3 Å². The second-order valence-corrected chi connectivity index (χ2v) is 13.5. The number of aryl methyl sites for hydroxylation is 1. The van der Waals surface area contributed by atoms with Crippen LogP contribution in [0.25, 0.3) is 16.9 Å². The third-order valence-corrected chi connectivity index (χ3v) is 8.85. The topological polar surface area (TPSA) is 131 Å². The van der Waals surface area contributed by atoms with Crippen molar-refractivity contribution in [1.82, 2.24) is 34.1 Å². The Morgan fingerprint density at radius 2 is 2.02 bits per heavy atom. The van der Waals surface area contributed by atoms with Crippen LogP contribution in [0, 0.1) is 0 Å². The molecule has 2 N–H and O–H groups in total. The molecule has 248 valence electrons. The van der Waals surface area contributed by atoms with Crippen molar-refractivity contribution in [2.24, 2.45) is 0 Å². The minimum absolute atomic E-state index is 0.154. The number of rotatable bonds is 12. The van der Waals surface area contributed by atoms with E-state index in [1.54, 1.807) is 28.8 Å². The Morgan fingerprint density at radius 1 is 1.28 bits per heavy atom. The zero-order valence-corrected chi connectivity index (χ0v) is 28.0. The SMILES string of the molecule is C=CCn1c(=O)c2cnc(NC(C)N(CCCCC)C3CN(C(=O)OC(C)(C)C)C3)nc2n1-c1ccc2c(n1)[C@@](O)(C(=C)C)CC2. The van der Waals surface area contributed by atoms with Gasteiger partial charge in [0.25, 0.3) is 5.56 Å². The number of carbonyl (C=O) groups excluding carboxylic acids is 1. The van der Waals surface area contributed by atoms with E-state index in [1.165, 1.54) is 4.68 Å². The van der Waals surface area contributed by atoms with Gasteiger partial charge in [-0.1, -0.05) is 38.5 Å². The number of hydrogen-bond acceptors (Lipinski definition) is 9. The van der Waals surface area contributed by atoms with Gasteiger partial charge in [0.2, 0.25) is 5.95 Å². The Morgan fingerprint density at radius 3 is 2.67 bits per heavy atom. The predicted molar refractivity (Wildman–Crippen MR) is 179 cm³/mol. The lowest BCUT2D eigenvalue weighted by Crippen LogP contribution is -2.64. The van der Waals surface area contributed by atoms with Crippen LogP contribution in [0.3, 0.4) is 0 Å². The lowest BCUT2D eigenvalue weighted by atomic mass is 9.93. The van der Waals surface area contributed by atoms with Crippen LogP contribution >= 0.6 is 0 Å². The van der Waals surface area contributed by atoms with Gasteiger partial charge in [0, 0.05) is 31.9 Å². The van der Waals surface area contributed by atoms with Crippen molar-refractivity contribution in [3.8, 4) is 5.82 Å². The van der Waals surface area contributed by atoms with Crippen LogP contribution in [-0.4, -0.2) is 82.8 Å². The molecule has 1 aliphatic heterocycles. The van der Waals surface area contributed by atoms with E-state index in [2.05, 4.69) is 42.2 Å². The Hall–Kier alpha value is -4.03. The molecule has 2 atom stereocenters. The number of aromatic nitrogens is 5. The molecular formula is C34H48N8O4. The number of hydrogen-bond donors (Lipinski definition) is 2. The summed E-state index contributed by atoms with van der Waals surface area (Å²) in [4.78, 5) is 44.5. The number of unbranched alkanes of at least 4 members (excludes halogenated alkanes) is 2. The molecule has 46 heavy (non-hydrogen) atoms. The predicted octanol–water partition coefficient (Wildman–Crippen LogP) is 4.74. The summed E-state index contributed by atoms with van der Waals surface area (Å²) < 4.78 is 8.77. The molecular weight excluding hydrogens is 584 g/mol. The Kier molecular flexibility index (Phi) is 9.42. The molecule has 0 saturated carbocycles. The number of pyridine rings is 1. The van der Waals surface area contributed by atoms with E-state index < -0.39 is 11.2 Å². The summed E-state index contributed by atoms with van der Waals surface area (Å²) in [6, 6.07) is 3.95. The van der Waals surface area contributed by atoms with E-state index in [0.717, 1.165) is 31.4 Å². The number of aliphatic hydroxyl groups is 1. The Bertz CT molecular complexity index is 1680. The van der Waals surface area contributed by atoms with Gasteiger partial charge in [-0.05, 0) is 71.1 Å². The zero-order valence-electron chi connectivity index (χ0n) is 28.0. The highest BCUT2D eigenvalue weighted by Gasteiger charge is 2.40. The number of nitrogens with one attached hydrogen (secondary N) is 1. The van der Waals surface area contributed by atoms with Crippen molar-refractivity contribution in [3.63, 3.8) is 0 Å². The molecule has 1 saturated heterocycles. The van der Waals surface area contributed by atoms with Gasteiger partial charge < -0.3 is 20.1 Å². The number of anilines is 1. The average Bonchev–Trinajstić information content (AvgIpc) is 3.44. The molecule has 4 heterocycles. The number of fused-ring (bicyclic) bond motifs is 2. The summed E-state index contributed by atoms with van der Waals surface area (Å²) in [5.74, 6) is 0.831. The Labute approximate surface area is 270 Å². The minimum atomic E-state index is -1.23. The fourth-order valence-electron chi connectivity index (χ4n) is 6.27. The largest absolute Gasteiger partial charge is 0.444 e. The summed E-state index contributed by atoms with van der Waals surface area (Å²) >= 11 is 0. The fourth-order valence-corrected chi connectivity index (χ4v) is 6.27. The minimum Gasteiger partial charge on any atom is -0.444 e. The summed E-state index contributed by atoms with van der Waals surface area (Å²) in [5, 5.41) is 15.2. The standard InChI is InChI=1S/C34H48N8O4/c1-9-11-12-18-40(25-20-39(21-25)32(44)46-33(6,7)8)23(5)36-31-35-19-26-29(38-31)42(41(17-10-2)30(26)43)27-14-13-24-15-16-34(45,22(3)4)28(24)37-27/h10,13-14,19,23,25,45H,2-3,9,11-12,15-18,20-21H2,1,4-8H3,(H,35,36,38)/t23?,34-/m0/s1. The molecule has 1 unspecified atom stereocenters. The third-order valence-electron chi connectivity index (χ3n) is 8.85. The summed E-state index contributed by atoms with van der Waals surface area (Å²) in [6.07, 6.45) is 7.18. The molecule has 0 spiro atoms. The highest BCUT2D eigenvalue weighted by molar-refractivity contribution is 5.76. The molecule has 3 aromatic rings. The highest BCUT2D eigenvalue weighted by atomic mass is 16.6. The van der Waals surface area contributed by atoms with Crippen molar-refractivity contribution in [1.29, 1.82) is 0 Å². The number of nitrogens with zero attached hydrogens (tertiary/aromatic N) is 7. The molecule has 1 aliphatic carbocycles. The molecule has 5 rings (SSSR count). The first-order valence-corrected chi connectivity index (χ1v) is 16.3. The maximum atomic E-state index is 13.5. The van der Waals surface area contributed by atoms with Crippen molar-refractivity contribution >= 4 is 23.1 Å². The molecule has 3 aromatic heterocycles. The van der Waals surface area contributed by atoms with Gasteiger partial charge in [0.05, 0.1) is 18.4 Å². The molecule has 1 amide bonds. The van der Waals surface area contributed by atoms with Crippen LogP contribution in [0.5, 0.6) is 0 Å². The number of ether oxygens (including phenoxy) is 1. The molecule has 12 heteroatoms. The van der Waals surface area contributed by atoms with Crippen LogP contribution < -0.4 is 10.9 Å². The van der Waals surface area contributed by atoms with Gasteiger partial charge >= 0.3 is 6.09 Å². The molecule has 0 aromatic carbocycles. The normalized spacial score (nSPS) is 18.8. The second-order valence-electron chi connectivity index (χ2n) is 13.5. The number of likely N-dealkylation sites (tertiary alicyclic amines) is 1. The van der Waals surface area contributed by atoms with Crippen LogP contribution in [0.15, 0.2) is 47.9 Å². The quantitative estimate of drug-likeness (QED) is 0.165. The lowest BCUT2D eigenvalue weighted by Gasteiger charge is -2.47. The maximum Gasteiger partial charge on any atom is 0.410 e. The molecule has 12 nitrogen and oxygen atoms in total. The maximum absolute atomic E-state index is 13.5. The van der Waals surface area contributed by atoms with Gasteiger partial charge in [0.15, 0.2) is 11.5 Å². The fraction of sp³-hybridized carbons (Fsp3) is 0.559. The zero-order chi connectivity index (χ0) is 33.4. The molecule has 2 aliphatic rings. The number of amides is 1. The van der Waals surface area contributed by atoms with Gasteiger partial charge in [-0.25, -0.2) is 24.1 Å². The van der Waals surface area contributed by atoms with Gasteiger partial charge in [-0.15, -0.1) is 6.58 Å². The first-order chi connectivity index (χ1) is 21.8. The first kappa shape index (κ1) is 33.3. The van der Waals surface area contributed by atoms with Crippen LogP contribution in [0.4, 0.5) is 10.7 Å². The van der Waals surface area contributed by atoms with Gasteiger partial charge in [-0.3, -0.25) is 9.69 Å². The van der Waals surface area contributed by atoms with Crippen molar-refractivity contribution in [2.75, 3.05) is 25.0 Å². The van der Waals surface area contributed by atoms with E-state index in [9.17, 15) is 14.7 Å². The van der Waals surface area contributed by atoms with E-state index >= 15 is 0 Å². The molecule has 0 radical (unpaired) electrons. The van der Waals surface area contributed by atoms with E-state index in [1.807, 2.05) is 32.9 Å².